The van der Waals surface area contributed by atoms with E-state index >= 15 is 0 Å². The predicted octanol–water partition coefficient (Wildman–Crippen LogP) is 3.35. The molecule has 1 amide bonds. The van der Waals surface area contributed by atoms with Gasteiger partial charge in [-0.3, -0.25) is 4.79 Å². The van der Waals surface area contributed by atoms with Gasteiger partial charge in [-0.2, -0.15) is 5.26 Å². The summed E-state index contributed by atoms with van der Waals surface area (Å²) in [5.41, 5.74) is 2.54. The van der Waals surface area contributed by atoms with Crippen LogP contribution in [0.4, 0.5) is 5.69 Å². The Hall–Kier alpha value is -3.59. The molecule has 27 heavy (non-hydrogen) atoms. The van der Waals surface area contributed by atoms with Crippen molar-refractivity contribution in [1.29, 1.82) is 5.26 Å². The second kappa shape index (κ2) is 10.4. The molecule has 2 aromatic rings. The molecule has 0 saturated carbocycles. The number of anilines is 1. The van der Waals surface area contributed by atoms with Crippen molar-refractivity contribution in [2.45, 2.75) is 13.3 Å². The minimum atomic E-state index is -0.614. The maximum Gasteiger partial charge on any atom is 0.331 e. The number of carbonyl (C=O) groups excluding carboxylic acids is 2. The molecule has 1 N–H and O–H groups in total. The fourth-order valence-electron chi connectivity index (χ4n) is 2.21. The van der Waals surface area contributed by atoms with Gasteiger partial charge in [-0.25, -0.2) is 4.79 Å². The van der Waals surface area contributed by atoms with E-state index in [1.165, 1.54) is 6.08 Å². The number of benzene rings is 2. The molecule has 0 aromatic heterocycles. The van der Waals surface area contributed by atoms with Crippen molar-refractivity contribution >= 4 is 23.6 Å². The zero-order valence-corrected chi connectivity index (χ0v) is 15.0. The summed E-state index contributed by atoms with van der Waals surface area (Å²) < 4.78 is 10.1. The summed E-state index contributed by atoms with van der Waals surface area (Å²) in [7, 11) is 0. The Bertz CT molecular complexity index is 851. The SMILES string of the molecule is CCc1cccc(NC(=O)COC(=O)/C=C/c2ccc(OCC#N)cc2)c1. The lowest BCUT2D eigenvalue weighted by molar-refractivity contribution is -0.142. The van der Waals surface area contributed by atoms with Crippen molar-refractivity contribution < 1.29 is 19.1 Å². The van der Waals surface area contributed by atoms with Gasteiger partial charge in [0.1, 0.15) is 11.8 Å². The summed E-state index contributed by atoms with van der Waals surface area (Å²) in [5, 5.41) is 11.1. The molecule has 0 aliphatic rings. The number of nitriles is 1. The Labute approximate surface area is 158 Å². The van der Waals surface area contributed by atoms with Crippen molar-refractivity contribution in [2.75, 3.05) is 18.5 Å². The van der Waals surface area contributed by atoms with E-state index in [-0.39, 0.29) is 13.2 Å². The zero-order valence-electron chi connectivity index (χ0n) is 15.0. The first-order valence-corrected chi connectivity index (χ1v) is 8.44. The molecule has 2 rings (SSSR count). The number of amides is 1. The van der Waals surface area contributed by atoms with Gasteiger partial charge in [0.25, 0.3) is 5.91 Å². The van der Waals surface area contributed by atoms with E-state index in [0.29, 0.717) is 11.4 Å². The minimum absolute atomic E-state index is 0.0215. The van der Waals surface area contributed by atoms with Gasteiger partial charge < -0.3 is 14.8 Å². The second-order valence-electron chi connectivity index (χ2n) is 5.56. The van der Waals surface area contributed by atoms with Gasteiger partial charge in [-0.1, -0.05) is 31.2 Å². The van der Waals surface area contributed by atoms with Crippen LogP contribution in [0.2, 0.25) is 0 Å². The molecule has 0 heterocycles. The number of rotatable bonds is 8. The van der Waals surface area contributed by atoms with Gasteiger partial charge in [0.05, 0.1) is 0 Å². The predicted molar refractivity (Wildman–Crippen MR) is 102 cm³/mol. The molecule has 0 aliphatic heterocycles. The highest BCUT2D eigenvalue weighted by molar-refractivity contribution is 5.94. The van der Waals surface area contributed by atoms with E-state index in [0.717, 1.165) is 17.5 Å². The summed E-state index contributed by atoms with van der Waals surface area (Å²) >= 11 is 0. The third-order valence-electron chi connectivity index (χ3n) is 3.56. The molecule has 0 unspecified atom stereocenters. The van der Waals surface area contributed by atoms with E-state index in [2.05, 4.69) is 5.32 Å². The number of carbonyl (C=O) groups is 2. The smallest absolute Gasteiger partial charge is 0.331 e. The molecule has 138 valence electrons. The van der Waals surface area contributed by atoms with E-state index in [1.807, 2.05) is 31.2 Å². The molecule has 0 radical (unpaired) electrons. The normalized spacial score (nSPS) is 10.2. The van der Waals surface area contributed by atoms with Gasteiger partial charge in [-0.15, -0.1) is 0 Å². The Kier molecular flexibility index (Phi) is 7.61. The average molecular weight is 364 g/mol. The minimum Gasteiger partial charge on any atom is -0.479 e. The summed E-state index contributed by atoms with van der Waals surface area (Å²) in [6.07, 6.45) is 3.68. The molecule has 6 nitrogen and oxygen atoms in total. The Balaban J connectivity index is 1.78. The van der Waals surface area contributed by atoms with E-state index in [9.17, 15) is 9.59 Å². The van der Waals surface area contributed by atoms with Crippen LogP contribution in [0.15, 0.2) is 54.6 Å². The van der Waals surface area contributed by atoms with Crippen LogP contribution in [-0.4, -0.2) is 25.1 Å². The second-order valence-corrected chi connectivity index (χ2v) is 5.56. The summed E-state index contributed by atoms with van der Waals surface area (Å²) in [6, 6.07) is 16.2. The van der Waals surface area contributed by atoms with Crippen LogP contribution in [0.5, 0.6) is 5.75 Å². The van der Waals surface area contributed by atoms with Crippen molar-refractivity contribution in [1.82, 2.24) is 0 Å². The molecule has 0 saturated heterocycles. The lowest BCUT2D eigenvalue weighted by Crippen LogP contribution is -2.20. The Morgan fingerprint density at radius 2 is 1.96 bits per heavy atom. The molecular weight excluding hydrogens is 344 g/mol. The number of aryl methyl sites for hydroxylation is 1. The number of esters is 1. The highest BCUT2D eigenvalue weighted by atomic mass is 16.5. The van der Waals surface area contributed by atoms with E-state index in [1.54, 1.807) is 36.4 Å². The molecule has 0 bridgehead atoms. The van der Waals surface area contributed by atoms with Crippen LogP contribution >= 0.6 is 0 Å². The van der Waals surface area contributed by atoms with Crippen LogP contribution in [-0.2, 0) is 20.7 Å². The maximum absolute atomic E-state index is 11.9. The van der Waals surface area contributed by atoms with Crippen LogP contribution in [0.3, 0.4) is 0 Å². The highest BCUT2D eigenvalue weighted by Gasteiger charge is 2.06. The van der Waals surface area contributed by atoms with Crippen LogP contribution in [0, 0.1) is 11.3 Å². The van der Waals surface area contributed by atoms with Gasteiger partial charge in [-0.05, 0) is 47.9 Å². The summed E-state index contributed by atoms with van der Waals surface area (Å²) in [5.74, 6) is -0.443. The fourth-order valence-corrected chi connectivity index (χ4v) is 2.21. The van der Waals surface area contributed by atoms with Crippen LogP contribution in [0.1, 0.15) is 18.1 Å². The average Bonchev–Trinajstić information content (AvgIpc) is 2.70. The zero-order chi connectivity index (χ0) is 19.5. The third-order valence-corrected chi connectivity index (χ3v) is 3.56. The van der Waals surface area contributed by atoms with E-state index < -0.39 is 11.9 Å². The number of hydrogen-bond donors (Lipinski definition) is 1. The van der Waals surface area contributed by atoms with Gasteiger partial charge in [0, 0.05) is 11.8 Å². The topological polar surface area (TPSA) is 88.4 Å². The van der Waals surface area contributed by atoms with Gasteiger partial charge in [0.15, 0.2) is 13.2 Å². The quantitative estimate of drug-likeness (QED) is 0.573. The Morgan fingerprint density at radius 3 is 2.67 bits per heavy atom. The fraction of sp³-hybridized carbons (Fsp3) is 0.190. The molecule has 2 aromatic carbocycles. The van der Waals surface area contributed by atoms with Crippen molar-refractivity contribution in [3.05, 3.63) is 65.7 Å². The lowest BCUT2D eigenvalue weighted by Gasteiger charge is -2.06. The monoisotopic (exact) mass is 364 g/mol. The third kappa shape index (κ3) is 7.04. The molecular formula is C21H20N2O4. The first kappa shape index (κ1) is 19.7. The molecule has 0 fully saturated rings. The standard InChI is InChI=1S/C21H20N2O4/c1-2-16-4-3-5-18(14-16)23-20(24)15-27-21(25)11-8-17-6-9-19(10-7-17)26-13-12-22/h3-11,14H,2,13,15H2,1H3,(H,23,24)/b11-8+. The molecule has 0 spiro atoms. The summed E-state index contributed by atoms with van der Waals surface area (Å²) in [6.45, 7) is 1.65. The number of hydrogen-bond acceptors (Lipinski definition) is 5. The highest BCUT2D eigenvalue weighted by Crippen LogP contribution is 2.13. The Morgan fingerprint density at radius 1 is 1.19 bits per heavy atom. The molecule has 0 aliphatic carbocycles. The number of nitrogens with zero attached hydrogens (tertiary/aromatic N) is 1. The van der Waals surface area contributed by atoms with Crippen molar-refractivity contribution in [3.8, 4) is 11.8 Å². The molecule has 6 heteroatoms. The van der Waals surface area contributed by atoms with E-state index in [4.69, 9.17) is 14.7 Å². The van der Waals surface area contributed by atoms with Crippen molar-refractivity contribution in [3.63, 3.8) is 0 Å². The van der Waals surface area contributed by atoms with Crippen molar-refractivity contribution in [2.24, 2.45) is 0 Å². The number of ether oxygens (including phenoxy) is 2. The van der Waals surface area contributed by atoms with Gasteiger partial charge in [0.2, 0.25) is 0 Å². The first-order valence-electron chi connectivity index (χ1n) is 8.44. The summed E-state index contributed by atoms with van der Waals surface area (Å²) in [4.78, 5) is 23.6. The lowest BCUT2D eigenvalue weighted by atomic mass is 10.1. The van der Waals surface area contributed by atoms with Crippen LogP contribution in [0.25, 0.3) is 6.08 Å². The number of nitrogens with one attached hydrogen (secondary N) is 1. The van der Waals surface area contributed by atoms with Crippen LogP contribution < -0.4 is 10.1 Å². The molecule has 0 atom stereocenters. The maximum atomic E-state index is 11.9. The largest absolute Gasteiger partial charge is 0.479 e. The van der Waals surface area contributed by atoms with Gasteiger partial charge >= 0.3 is 5.97 Å². The first-order chi connectivity index (χ1) is 13.1.